The number of nitrogens with zero attached hydrogens (tertiary/aromatic N) is 1. The number of hydrogen-bond donors (Lipinski definition) is 0. The van der Waals surface area contributed by atoms with Gasteiger partial charge in [-0.1, -0.05) is 26.0 Å². The Balaban J connectivity index is 1.83. The number of hydrogen-bond acceptors (Lipinski definition) is 3. The third-order valence-corrected chi connectivity index (χ3v) is 7.40. The van der Waals surface area contributed by atoms with Crippen LogP contribution in [0.2, 0.25) is 0 Å². The zero-order chi connectivity index (χ0) is 20.2. The molecule has 1 saturated heterocycles. The molecule has 1 aromatic carbocycles. The lowest BCUT2D eigenvalue weighted by molar-refractivity contribution is -0.137. The molecule has 0 atom stereocenters. The zero-order valence-electron chi connectivity index (χ0n) is 15.6. The molecule has 1 fully saturated rings. The molecule has 0 aromatic heterocycles. The Kier molecular flexibility index (Phi) is 6.94. The van der Waals surface area contributed by atoms with Crippen LogP contribution in [0.3, 0.4) is 0 Å². The van der Waals surface area contributed by atoms with Crippen molar-refractivity contribution in [2.45, 2.75) is 51.0 Å². The average Bonchev–Trinajstić information content (AvgIpc) is 2.58. The number of aryl methyl sites for hydroxylation is 1. The summed E-state index contributed by atoms with van der Waals surface area (Å²) in [4.78, 5) is 14.0. The molecule has 0 spiro atoms. The van der Waals surface area contributed by atoms with Gasteiger partial charge in [0.05, 0.1) is 16.6 Å². The number of carbonyl (C=O) groups excluding carboxylic acids is 1. The number of carbonyl (C=O) groups is 1. The molecule has 0 N–H and O–H groups in total. The van der Waals surface area contributed by atoms with Crippen LogP contribution in [0.1, 0.15) is 44.2 Å². The molecule has 8 heteroatoms. The standard InChI is InChI=1S/C19H26F3NO3S/c1-14(2)13-27(25,26)17-9-11-23(12-10-17)18(24)8-5-15-3-6-16(7-4-15)19(20,21)22/h3-4,6-7,14,17H,5,8-13H2,1-2H3. The van der Waals surface area contributed by atoms with Gasteiger partial charge < -0.3 is 4.90 Å². The lowest BCUT2D eigenvalue weighted by atomic mass is 10.1. The van der Waals surface area contributed by atoms with Gasteiger partial charge in [-0.15, -0.1) is 0 Å². The molecule has 27 heavy (non-hydrogen) atoms. The predicted octanol–water partition coefficient (Wildman–Crippen LogP) is 3.70. The molecular formula is C19H26F3NO3S. The lowest BCUT2D eigenvalue weighted by Crippen LogP contribution is -2.43. The molecule has 0 saturated carbocycles. The molecule has 0 bridgehead atoms. The molecular weight excluding hydrogens is 379 g/mol. The summed E-state index contributed by atoms with van der Waals surface area (Å²) in [6.07, 6.45) is -2.91. The van der Waals surface area contributed by atoms with Crippen molar-refractivity contribution in [1.82, 2.24) is 4.90 Å². The van der Waals surface area contributed by atoms with Crippen LogP contribution in [0.5, 0.6) is 0 Å². The van der Waals surface area contributed by atoms with Gasteiger partial charge in [-0.3, -0.25) is 4.79 Å². The summed E-state index contributed by atoms with van der Waals surface area (Å²) >= 11 is 0. The fourth-order valence-corrected chi connectivity index (χ4v) is 5.47. The van der Waals surface area contributed by atoms with Crippen molar-refractivity contribution in [3.8, 4) is 0 Å². The highest BCUT2D eigenvalue weighted by Crippen LogP contribution is 2.29. The number of alkyl halides is 3. The first-order chi connectivity index (χ1) is 12.5. The Hall–Kier alpha value is -1.57. The van der Waals surface area contributed by atoms with Crippen molar-refractivity contribution >= 4 is 15.7 Å². The molecule has 152 valence electrons. The van der Waals surface area contributed by atoms with E-state index in [2.05, 4.69) is 0 Å². The minimum absolute atomic E-state index is 0.0818. The van der Waals surface area contributed by atoms with E-state index < -0.39 is 21.6 Å². The van der Waals surface area contributed by atoms with Gasteiger partial charge >= 0.3 is 6.18 Å². The van der Waals surface area contributed by atoms with Crippen molar-refractivity contribution in [1.29, 1.82) is 0 Å². The van der Waals surface area contributed by atoms with Gasteiger partial charge in [0.1, 0.15) is 0 Å². The molecule has 1 heterocycles. The second kappa shape index (κ2) is 8.63. The van der Waals surface area contributed by atoms with Crippen LogP contribution in [-0.4, -0.2) is 43.3 Å². The van der Waals surface area contributed by atoms with E-state index in [0.717, 1.165) is 12.1 Å². The monoisotopic (exact) mass is 405 g/mol. The van der Waals surface area contributed by atoms with Crippen molar-refractivity contribution in [3.63, 3.8) is 0 Å². The Morgan fingerprint density at radius 3 is 2.19 bits per heavy atom. The second-order valence-electron chi connectivity index (χ2n) is 7.50. The first-order valence-electron chi connectivity index (χ1n) is 9.14. The zero-order valence-corrected chi connectivity index (χ0v) is 16.4. The van der Waals surface area contributed by atoms with Gasteiger partial charge in [0.2, 0.25) is 5.91 Å². The number of likely N-dealkylation sites (tertiary alicyclic amines) is 1. The molecule has 2 rings (SSSR count). The molecule has 0 radical (unpaired) electrons. The molecule has 4 nitrogen and oxygen atoms in total. The van der Waals surface area contributed by atoms with E-state index in [1.54, 1.807) is 4.90 Å². The quantitative estimate of drug-likeness (QED) is 0.725. The van der Waals surface area contributed by atoms with Gasteiger partial charge in [0.25, 0.3) is 0 Å². The van der Waals surface area contributed by atoms with Crippen LogP contribution in [0, 0.1) is 5.92 Å². The summed E-state index contributed by atoms with van der Waals surface area (Å²) in [5.41, 5.74) is -0.0343. The third kappa shape index (κ3) is 6.23. The number of piperidine rings is 1. The van der Waals surface area contributed by atoms with Crippen LogP contribution >= 0.6 is 0 Å². The molecule has 1 aliphatic rings. The number of rotatable bonds is 6. The van der Waals surface area contributed by atoms with E-state index in [0.29, 0.717) is 37.9 Å². The fourth-order valence-electron chi connectivity index (χ4n) is 3.33. The van der Waals surface area contributed by atoms with E-state index in [-0.39, 0.29) is 29.2 Å². The number of halogens is 3. The van der Waals surface area contributed by atoms with Crippen LogP contribution in [0.4, 0.5) is 13.2 Å². The largest absolute Gasteiger partial charge is 0.416 e. The number of sulfone groups is 1. The Morgan fingerprint density at radius 2 is 1.70 bits per heavy atom. The first-order valence-corrected chi connectivity index (χ1v) is 10.9. The van der Waals surface area contributed by atoms with E-state index in [1.165, 1.54) is 12.1 Å². The molecule has 1 aromatic rings. The topological polar surface area (TPSA) is 54.5 Å². The van der Waals surface area contributed by atoms with Crippen LogP contribution < -0.4 is 0 Å². The van der Waals surface area contributed by atoms with Crippen LogP contribution in [0.15, 0.2) is 24.3 Å². The Bertz CT molecular complexity index is 734. The van der Waals surface area contributed by atoms with Gasteiger partial charge in [-0.05, 0) is 42.9 Å². The van der Waals surface area contributed by atoms with Gasteiger partial charge in [0, 0.05) is 19.5 Å². The molecule has 0 unspecified atom stereocenters. The highest BCUT2D eigenvalue weighted by atomic mass is 32.2. The Labute approximate surface area is 158 Å². The normalized spacial score (nSPS) is 16.7. The predicted molar refractivity (Wildman–Crippen MR) is 98.0 cm³/mol. The maximum absolute atomic E-state index is 12.6. The van der Waals surface area contributed by atoms with Crippen molar-refractivity contribution in [2.75, 3.05) is 18.8 Å². The van der Waals surface area contributed by atoms with E-state index in [4.69, 9.17) is 0 Å². The second-order valence-corrected chi connectivity index (χ2v) is 9.82. The maximum atomic E-state index is 12.6. The SMILES string of the molecule is CC(C)CS(=O)(=O)C1CCN(C(=O)CCc2ccc(C(F)(F)F)cc2)CC1. The summed E-state index contributed by atoms with van der Waals surface area (Å²) in [6, 6.07) is 4.82. The van der Waals surface area contributed by atoms with Crippen molar-refractivity contribution < 1.29 is 26.4 Å². The molecule has 0 aliphatic carbocycles. The van der Waals surface area contributed by atoms with Crippen LogP contribution in [0.25, 0.3) is 0 Å². The summed E-state index contributed by atoms with van der Waals surface area (Å²) in [6.45, 7) is 4.57. The summed E-state index contributed by atoms with van der Waals surface area (Å²) in [7, 11) is -3.13. The van der Waals surface area contributed by atoms with Gasteiger partial charge in [-0.25, -0.2) is 8.42 Å². The van der Waals surface area contributed by atoms with E-state index in [9.17, 15) is 26.4 Å². The first kappa shape index (κ1) is 21.7. The molecule has 1 amide bonds. The maximum Gasteiger partial charge on any atom is 0.416 e. The van der Waals surface area contributed by atoms with E-state index in [1.807, 2.05) is 13.8 Å². The summed E-state index contributed by atoms with van der Waals surface area (Å²) in [5.74, 6) is 0.160. The van der Waals surface area contributed by atoms with Crippen molar-refractivity contribution in [3.05, 3.63) is 35.4 Å². The lowest BCUT2D eigenvalue weighted by Gasteiger charge is -2.32. The van der Waals surface area contributed by atoms with Gasteiger partial charge in [-0.2, -0.15) is 13.2 Å². The smallest absolute Gasteiger partial charge is 0.343 e. The fraction of sp³-hybridized carbons (Fsp3) is 0.632. The highest BCUT2D eigenvalue weighted by molar-refractivity contribution is 7.92. The van der Waals surface area contributed by atoms with E-state index >= 15 is 0 Å². The third-order valence-electron chi connectivity index (χ3n) is 4.78. The summed E-state index contributed by atoms with van der Waals surface area (Å²) < 4.78 is 62.3. The van der Waals surface area contributed by atoms with Crippen molar-refractivity contribution in [2.24, 2.45) is 5.92 Å². The average molecular weight is 405 g/mol. The minimum atomic E-state index is -4.37. The van der Waals surface area contributed by atoms with Gasteiger partial charge in [0.15, 0.2) is 9.84 Å². The summed E-state index contributed by atoms with van der Waals surface area (Å²) in [5, 5.41) is -0.390. The minimum Gasteiger partial charge on any atom is -0.343 e. The Morgan fingerprint density at radius 1 is 1.15 bits per heavy atom. The highest BCUT2D eigenvalue weighted by Gasteiger charge is 2.32. The van der Waals surface area contributed by atoms with Crippen LogP contribution in [-0.2, 0) is 27.2 Å². The molecule has 1 aliphatic heterocycles. The number of amides is 1. The number of benzene rings is 1.